The van der Waals surface area contributed by atoms with Gasteiger partial charge in [-0.2, -0.15) is 0 Å². The van der Waals surface area contributed by atoms with Crippen molar-refractivity contribution < 1.29 is 0 Å². The molecule has 8 nitrogen and oxygen atoms in total. The number of pyridine rings is 2. The SMILES string of the molecule is CC.CCCC.CCCC.CCCCCN(C)CCC.CCCN(C)C.CCCN1CCCC1.CCc1ccccc1.CCc1cccnc1.CCc1cnc2ccccn12.CCn1ccnc1. The Labute approximate surface area is 423 Å². The Hall–Kier alpha value is -3.85. The van der Waals surface area contributed by atoms with Crippen LogP contribution in [0.2, 0.25) is 0 Å². The molecule has 0 radical (unpaired) electrons. The van der Waals surface area contributed by atoms with Gasteiger partial charge >= 0.3 is 0 Å². The molecule has 8 heteroatoms. The summed E-state index contributed by atoms with van der Waals surface area (Å²) < 4.78 is 4.12. The average molecular weight is 946 g/mol. The van der Waals surface area contributed by atoms with E-state index in [0.717, 1.165) is 31.5 Å². The molecular weight excluding hydrogens is 833 g/mol. The van der Waals surface area contributed by atoms with Crippen molar-refractivity contribution in [3.8, 4) is 0 Å². The molecule has 4 aromatic heterocycles. The standard InChI is InChI=1S/C9H10N2.C9H21N.C8H10.C7H9N.C7H15N.C5H8N2.C5H13N.2C4H10.C2H6/c1-2-8-7-10-9-5-3-4-6-11(8)9;1-4-6-7-9-10(3)8-5-2;1-2-8-6-4-3-5-7-8;1-2-7-4-3-5-8-6-7;1-2-5-8-6-3-4-7-8;1-2-7-4-3-6-5-7;1-4-5-6(2)3;2*1-3-4-2;1-2/h3-7H,2H2,1H3;4-9H2,1-3H3;3-7H,2H2,1H3;3-6H,2H2,1H3;2-7H2,1H3;3-5H,2H2,1H3;4-5H2,1-3H3;2*3-4H2,1-2H3;1-2H3. The van der Waals surface area contributed by atoms with E-state index < -0.39 is 0 Å². The number of fused-ring (bicyclic) bond motifs is 1. The van der Waals surface area contributed by atoms with Crippen molar-refractivity contribution in [1.82, 2.24) is 38.6 Å². The van der Waals surface area contributed by atoms with Gasteiger partial charge in [-0.15, -0.1) is 0 Å². The van der Waals surface area contributed by atoms with Crippen molar-refractivity contribution in [1.29, 1.82) is 0 Å². The normalized spacial score (nSPS) is 10.9. The first-order chi connectivity index (χ1) is 33.0. The van der Waals surface area contributed by atoms with Crippen LogP contribution in [0, 0.1) is 0 Å². The molecule has 0 amide bonds. The summed E-state index contributed by atoms with van der Waals surface area (Å²) in [6.07, 6.45) is 32.5. The Balaban J connectivity index is -0.000000342. The molecule has 1 aromatic carbocycles. The number of rotatable bonds is 16. The highest BCUT2D eigenvalue weighted by molar-refractivity contribution is 5.39. The minimum atomic E-state index is 1.01. The number of benzene rings is 1. The minimum Gasteiger partial charge on any atom is -0.338 e. The summed E-state index contributed by atoms with van der Waals surface area (Å²) in [7, 11) is 6.38. The summed E-state index contributed by atoms with van der Waals surface area (Å²) in [5, 5.41) is 0. The topological polar surface area (TPSA) is 57.7 Å². The van der Waals surface area contributed by atoms with Crippen LogP contribution < -0.4 is 0 Å². The third kappa shape index (κ3) is 47.2. The molecule has 0 saturated carbocycles. The predicted molar refractivity (Wildman–Crippen MR) is 307 cm³/mol. The number of nitrogens with zero attached hydrogens (tertiary/aromatic N) is 8. The smallest absolute Gasteiger partial charge is 0.136 e. The summed E-state index contributed by atoms with van der Waals surface area (Å²) in [5.41, 5.74) is 5.00. The molecular formula is C60H112N8. The molecule has 68 heavy (non-hydrogen) atoms. The van der Waals surface area contributed by atoms with E-state index in [1.807, 2.05) is 73.5 Å². The van der Waals surface area contributed by atoms with Gasteiger partial charge in [0.2, 0.25) is 0 Å². The fourth-order valence-electron chi connectivity index (χ4n) is 5.94. The Morgan fingerprint density at radius 2 is 1.10 bits per heavy atom. The van der Waals surface area contributed by atoms with Crippen LogP contribution in [0.25, 0.3) is 5.65 Å². The fourth-order valence-corrected chi connectivity index (χ4v) is 5.94. The second-order valence-corrected chi connectivity index (χ2v) is 16.8. The van der Waals surface area contributed by atoms with Gasteiger partial charge in [0.25, 0.3) is 0 Å². The van der Waals surface area contributed by atoms with Crippen LogP contribution in [-0.2, 0) is 25.8 Å². The summed E-state index contributed by atoms with van der Waals surface area (Å²) in [4.78, 5) is 19.2. The number of aromatic nitrogens is 5. The molecule has 0 bridgehead atoms. The van der Waals surface area contributed by atoms with Gasteiger partial charge in [0.1, 0.15) is 5.65 Å². The molecule has 0 aliphatic carbocycles. The molecule has 0 unspecified atom stereocenters. The molecule has 5 aromatic rings. The average Bonchev–Trinajstić information content (AvgIpc) is 4.21. The Morgan fingerprint density at radius 1 is 0.515 bits per heavy atom. The number of aryl methyl sites for hydroxylation is 4. The highest BCUT2D eigenvalue weighted by atomic mass is 15.1. The van der Waals surface area contributed by atoms with Gasteiger partial charge < -0.3 is 23.7 Å². The van der Waals surface area contributed by atoms with E-state index in [1.54, 1.807) is 18.7 Å². The lowest BCUT2D eigenvalue weighted by Crippen LogP contribution is -2.20. The zero-order valence-corrected chi connectivity index (χ0v) is 47.9. The first-order valence-electron chi connectivity index (χ1n) is 27.4. The second kappa shape index (κ2) is 57.5. The fraction of sp³-hybridized carbons (Fsp3) is 0.650. The predicted octanol–water partition coefficient (Wildman–Crippen LogP) is 16.3. The van der Waals surface area contributed by atoms with Crippen LogP contribution >= 0.6 is 0 Å². The number of hydrogen-bond acceptors (Lipinski definition) is 6. The van der Waals surface area contributed by atoms with Crippen molar-refractivity contribution in [2.75, 3.05) is 60.4 Å². The van der Waals surface area contributed by atoms with Gasteiger partial charge in [-0.3, -0.25) is 4.98 Å². The molecule has 0 spiro atoms. The van der Waals surface area contributed by atoms with Crippen molar-refractivity contribution in [2.24, 2.45) is 0 Å². The van der Waals surface area contributed by atoms with Crippen molar-refractivity contribution in [2.45, 2.75) is 200 Å². The number of imidazole rings is 2. The molecule has 1 saturated heterocycles. The molecule has 1 aliphatic heterocycles. The van der Waals surface area contributed by atoms with E-state index in [1.165, 1.54) is 133 Å². The Bertz CT molecular complexity index is 1530. The molecule has 0 N–H and O–H groups in total. The van der Waals surface area contributed by atoms with E-state index >= 15 is 0 Å². The second-order valence-electron chi connectivity index (χ2n) is 16.8. The maximum absolute atomic E-state index is 4.25. The molecule has 5 heterocycles. The summed E-state index contributed by atoms with van der Waals surface area (Å²) in [6, 6.07) is 20.5. The summed E-state index contributed by atoms with van der Waals surface area (Å²) in [5.74, 6) is 0. The van der Waals surface area contributed by atoms with Crippen LogP contribution in [0.5, 0.6) is 0 Å². The van der Waals surface area contributed by atoms with Gasteiger partial charge in [0, 0.05) is 49.4 Å². The first kappa shape index (κ1) is 70.7. The molecule has 6 rings (SSSR count). The molecule has 392 valence electrons. The van der Waals surface area contributed by atoms with Crippen molar-refractivity contribution in [3.63, 3.8) is 0 Å². The highest BCUT2D eigenvalue weighted by Crippen LogP contribution is 2.07. The zero-order chi connectivity index (χ0) is 51.9. The summed E-state index contributed by atoms with van der Waals surface area (Å²) >= 11 is 0. The largest absolute Gasteiger partial charge is 0.338 e. The van der Waals surface area contributed by atoms with E-state index in [4.69, 9.17) is 0 Å². The lowest BCUT2D eigenvalue weighted by molar-refractivity contribution is 0.326. The molecule has 1 fully saturated rings. The van der Waals surface area contributed by atoms with Gasteiger partial charge in [0.05, 0.1) is 6.33 Å². The van der Waals surface area contributed by atoms with Gasteiger partial charge in [-0.1, -0.05) is 171 Å². The number of hydrogen-bond donors (Lipinski definition) is 0. The van der Waals surface area contributed by atoms with Crippen LogP contribution in [0.1, 0.15) is 191 Å². The first-order valence-corrected chi connectivity index (χ1v) is 27.4. The quantitative estimate of drug-likeness (QED) is 0.0919. The van der Waals surface area contributed by atoms with Crippen LogP contribution in [0.15, 0.2) is 104 Å². The van der Waals surface area contributed by atoms with Crippen molar-refractivity contribution in [3.05, 3.63) is 121 Å². The number of likely N-dealkylation sites (tertiary alicyclic amines) is 1. The van der Waals surface area contributed by atoms with Gasteiger partial charge in [0.15, 0.2) is 0 Å². The van der Waals surface area contributed by atoms with E-state index in [0.29, 0.717) is 0 Å². The zero-order valence-electron chi connectivity index (χ0n) is 47.9. The van der Waals surface area contributed by atoms with E-state index in [-0.39, 0.29) is 0 Å². The minimum absolute atomic E-state index is 1.01. The molecule has 0 atom stereocenters. The molecule has 1 aliphatic rings. The summed E-state index contributed by atoms with van der Waals surface area (Å²) in [6.45, 7) is 38.9. The third-order valence-electron chi connectivity index (χ3n) is 10.3. The monoisotopic (exact) mass is 945 g/mol. The maximum atomic E-state index is 4.25. The van der Waals surface area contributed by atoms with E-state index in [2.05, 4.69) is 169 Å². The maximum Gasteiger partial charge on any atom is 0.136 e. The highest BCUT2D eigenvalue weighted by Gasteiger charge is 2.08. The van der Waals surface area contributed by atoms with Crippen molar-refractivity contribution >= 4 is 5.65 Å². The van der Waals surface area contributed by atoms with Crippen LogP contribution in [0.3, 0.4) is 0 Å². The van der Waals surface area contributed by atoms with Crippen LogP contribution in [-0.4, -0.2) is 99.0 Å². The van der Waals surface area contributed by atoms with Gasteiger partial charge in [-0.05, 0) is 154 Å². The van der Waals surface area contributed by atoms with E-state index in [9.17, 15) is 0 Å². The Kier molecular flexibility index (Phi) is 59.8. The number of unbranched alkanes of at least 4 members (excludes halogenated alkanes) is 4. The van der Waals surface area contributed by atoms with Gasteiger partial charge in [-0.25, -0.2) is 9.97 Å². The van der Waals surface area contributed by atoms with Crippen LogP contribution in [0.4, 0.5) is 0 Å². The third-order valence-corrected chi connectivity index (χ3v) is 10.3. The Morgan fingerprint density at radius 3 is 1.49 bits per heavy atom. The lowest BCUT2D eigenvalue weighted by Gasteiger charge is -2.14. The lowest BCUT2D eigenvalue weighted by atomic mass is 10.2.